The van der Waals surface area contributed by atoms with Gasteiger partial charge in [0.15, 0.2) is 5.11 Å². The Morgan fingerprint density at radius 3 is 2.48 bits per heavy atom. The highest BCUT2D eigenvalue weighted by molar-refractivity contribution is 7.80. The maximum absolute atomic E-state index is 12.9. The van der Waals surface area contributed by atoms with Crippen molar-refractivity contribution < 1.29 is 14.5 Å². The molecule has 3 aromatic rings. The monoisotopic (exact) mass is 600 g/mol. The van der Waals surface area contributed by atoms with Crippen molar-refractivity contribution in [2.24, 2.45) is 20.7 Å². The summed E-state index contributed by atoms with van der Waals surface area (Å²) in [6.45, 7) is 0.790. The Hall–Kier alpha value is -4.20. The van der Waals surface area contributed by atoms with Crippen molar-refractivity contribution in [1.29, 1.82) is 0 Å². The van der Waals surface area contributed by atoms with Crippen LogP contribution in [-0.4, -0.2) is 29.0 Å². The van der Waals surface area contributed by atoms with Crippen LogP contribution in [-0.2, 0) is 10.5 Å². The van der Waals surface area contributed by atoms with Crippen LogP contribution < -0.4 is 20.7 Å². The molecule has 0 atom stereocenters. The van der Waals surface area contributed by atoms with E-state index in [4.69, 9.17) is 40.2 Å². The molecular formula is C25H22Cl2N8O4S. The van der Waals surface area contributed by atoms with Crippen molar-refractivity contribution in [1.82, 2.24) is 10.6 Å². The lowest BCUT2D eigenvalue weighted by Crippen LogP contribution is -2.34. The first-order valence-electron chi connectivity index (χ1n) is 11.9. The third-order valence-electron chi connectivity index (χ3n) is 5.58. The Morgan fingerprint density at radius 2 is 1.73 bits per heavy atom. The van der Waals surface area contributed by atoms with Crippen LogP contribution in [0.25, 0.3) is 0 Å². The zero-order valence-electron chi connectivity index (χ0n) is 20.7. The van der Waals surface area contributed by atoms with Crippen LogP contribution in [0.5, 0.6) is 11.5 Å². The first-order chi connectivity index (χ1) is 19.3. The van der Waals surface area contributed by atoms with Crippen LogP contribution in [0, 0.1) is 10.1 Å². The highest BCUT2D eigenvalue weighted by Crippen LogP contribution is 2.43. The number of thiocarbonyl (C=S) groups is 1. The van der Waals surface area contributed by atoms with Crippen LogP contribution in [0.4, 0.5) is 11.4 Å². The minimum atomic E-state index is -1.40. The van der Waals surface area contributed by atoms with E-state index in [1.165, 1.54) is 12.1 Å². The van der Waals surface area contributed by atoms with Gasteiger partial charge in [0, 0.05) is 41.5 Å². The average Bonchev–Trinajstić information content (AvgIpc) is 3.39. The molecule has 0 fully saturated rings. The Labute approximate surface area is 244 Å². The summed E-state index contributed by atoms with van der Waals surface area (Å²) in [7, 11) is 0. The number of nitrogens with zero attached hydrogens (tertiary/aromatic N) is 5. The van der Waals surface area contributed by atoms with Crippen molar-refractivity contribution in [2.75, 3.05) is 18.4 Å². The number of amides is 1. The fraction of sp³-hybridized carbons (Fsp3) is 0.200. The summed E-state index contributed by atoms with van der Waals surface area (Å²) in [6.07, 6.45) is 0.391. The van der Waals surface area contributed by atoms with E-state index in [2.05, 4.69) is 36.6 Å². The molecule has 3 N–H and O–H groups in total. The molecule has 40 heavy (non-hydrogen) atoms. The minimum Gasteiger partial charge on any atom is -0.455 e. The second-order valence-corrected chi connectivity index (χ2v) is 9.69. The van der Waals surface area contributed by atoms with Crippen LogP contribution in [0.2, 0.25) is 10.0 Å². The van der Waals surface area contributed by atoms with E-state index in [-0.39, 0.29) is 18.0 Å². The molecule has 1 aliphatic rings. The number of hydrogen-bond donors (Lipinski definition) is 3. The smallest absolute Gasteiger partial charge is 0.271 e. The van der Waals surface area contributed by atoms with Gasteiger partial charge < -0.3 is 20.7 Å². The molecule has 0 aromatic heterocycles. The van der Waals surface area contributed by atoms with Gasteiger partial charge in [0.25, 0.3) is 5.69 Å². The predicted molar refractivity (Wildman–Crippen MR) is 154 cm³/mol. The topological polar surface area (TPSA) is 155 Å². The Morgan fingerprint density at radius 1 is 0.975 bits per heavy atom. The summed E-state index contributed by atoms with van der Waals surface area (Å²) in [6, 6.07) is 17.8. The maximum atomic E-state index is 12.9. The van der Waals surface area contributed by atoms with Gasteiger partial charge in [-0.25, -0.2) is 0 Å². The Balaban J connectivity index is 1.30. The first-order valence-corrected chi connectivity index (χ1v) is 13.0. The quantitative estimate of drug-likeness (QED) is 0.0973. The molecule has 206 valence electrons. The van der Waals surface area contributed by atoms with Gasteiger partial charge in [-0.05, 0) is 59.4 Å². The third kappa shape index (κ3) is 7.46. The molecule has 0 saturated heterocycles. The van der Waals surface area contributed by atoms with Crippen molar-refractivity contribution >= 4 is 57.8 Å². The summed E-state index contributed by atoms with van der Waals surface area (Å²) in [5, 5.41) is 36.4. The van der Waals surface area contributed by atoms with E-state index < -0.39 is 10.6 Å². The SMILES string of the molecule is O=C(CC1(c2ccccc2Oc2ccc(Cl)cc2Cl)N=NN=N1)NCCCNC(=S)Nc1cccc([N+](=O)[O-])c1. The van der Waals surface area contributed by atoms with Gasteiger partial charge in [0.1, 0.15) is 11.5 Å². The van der Waals surface area contributed by atoms with E-state index in [9.17, 15) is 14.9 Å². The van der Waals surface area contributed by atoms with Crippen LogP contribution in [0.15, 0.2) is 87.4 Å². The van der Waals surface area contributed by atoms with Crippen LogP contribution in [0.1, 0.15) is 18.4 Å². The molecule has 0 aliphatic carbocycles. The first kappa shape index (κ1) is 28.8. The fourth-order valence-corrected chi connectivity index (χ4v) is 4.39. The van der Waals surface area contributed by atoms with E-state index in [1.807, 2.05) is 0 Å². The van der Waals surface area contributed by atoms with E-state index in [0.29, 0.717) is 57.4 Å². The molecule has 3 aromatic carbocycles. The Bertz CT molecular complexity index is 1470. The summed E-state index contributed by atoms with van der Waals surface area (Å²) in [5.41, 5.74) is -0.465. The lowest BCUT2D eigenvalue weighted by Gasteiger charge is -2.22. The molecular weight excluding hydrogens is 579 g/mol. The molecule has 0 radical (unpaired) electrons. The highest BCUT2D eigenvalue weighted by Gasteiger charge is 2.40. The van der Waals surface area contributed by atoms with Gasteiger partial charge in [-0.15, -0.1) is 10.2 Å². The molecule has 0 saturated carbocycles. The number of nitro benzene ring substituents is 1. The maximum Gasteiger partial charge on any atom is 0.271 e. The highest BCUT2D eigenvalue weighted by atomic mass is 35.5. The van der Waals surface area contributed by atoms with E-state index >= 15 is 0 Å². The number of non-ortho nitro benzene ring substituents is 1. The van der Waals surface area contributed by atoms with Gasteiger partial charge in [0.05, 0.1) is 16.4 Å². The zero-order valence-corrected chi connectivity index (χ0v) is 23.0. The molecule has 4 rings (SSSR count). The molecule has 0 spiro atoms. The number of nitrogens with one attached hydrogen (secondary N) is 3. The van der Waals surface area contributed by atoms with Crippen molar-refractivity contribution in [3.63, 3.8) is 0 Å². The molecule has 1 aliphatic heterocycles. The number of benzene rings is 3. The van der Waals surface area contributed by atoms with Gasteiger partial charge in [-0.1, -0.05) is 47.5 Å². The standard InChI is InChI=1S/C25H22Cl2N8O4S/c26-16-9-10-22(20(27)13-16)39-21-8-2-1-7-19(21)25(31-33-34-32-25)15-23(36)28-11-4-12-29-24(40)30-17-5-3-6-18(14-17)35(37)38/h1-3,5-10,13-14H,4,11-12,15H2,(H,28,36)(H2,29,30,40). The summed E-state index contributed by atoms with van der Waals surface area (Å²) in [5.74, 6) is 0.431. The summed E-state index contributed by atoms with van der Waals surface area (Å²) in [4.78, 5) is 23.3. The predicted octanol–water partition coefficient (Wildman–Crippen LogP) is 6.56. The van der Waals surface area contributed by atoms with Gasteiger partial charge >= 0.3 is 0 Å². The zero-order chi connectivity index (χ0) is 28.5. The van der Waals surface area contributed by atoms with E-state index in [0.717, 1.165) is 0 Å². The second-order valence-electron chi connectivity index (χ2n) is 8.44. The number of anilines is 1. The number of para-hydroxylation sites is 1. The van der Waals surface area contributed by atoms with Crippen molar-refractivity contribution in [3.8, 4) is 11.5 Å². The number of carbonyl (C=O) groups is 1. The third-order valence-corrected chi connectivity index (χ3v) is 6.35. The normalized spacial score (nSPS) is 13.1. The molecule has 12 nitrogen and oxygen atoms in total. The number of carbonyl (C=O) groups excluding carboxylic acids is 1. The van der Waals surface area contributed by atoms with Gasteiger partial charge in [-0.3, -0.25) is 14.9 Å². The average molecular weight is 601 g/mol. The number of nitro groups is 1. The van der Waals surface area contributed by atoms with Crippen LogP contribution >= 0.6 is 35.4 Å². The van der Waals surface area contributed by atoms with Gasteiger partial charge in [-0.2, -0.15) is 0 Å². The lowest BCUT2D eigenvalue weighted by molar-refractivity contribution is -0.384. The lowest BCUT2D eigenvalue weighted by atomic mass is 9.96. The molecule has 1 heterocycles. The van der Waals surface area contributed by atoms with E-state index in [1.54, 1.807) is 54.6 Å². The van der Waals surface area contributed by atoms with Crippen molar-refractivity contribution in [3.05, 3.63) is 92.5 Å². The minimum absolute atomic E-state index is 0.0439. The Kier molecular flexibility index (Phi) is 9.53. The number of ether oxygens (including phenoxy) is 1. The molecule has 15 heteroatoms. The number of hydrogen-bond acceptors (Lipinski definition) is 9. The molecule has 1 amide bonds. The number of halogens is 2. The summed E-state index contributed by atoms with van der Waals surface area (Å²) >= 11 is 17.5. The van der Waals surface area contributed by atoms with Gasteiger partial charge in [0.2, 0.25) is 11.6 Å². The second kappa shape index (κ2) is 13.2. The van der Waals surface area contributed by atoms with Crippen LogP contribution in [0.3, 0.4) is 0 Å². The molecule has 0 bridgehead atoms. The largest absolute Gasteiger partial charge is 0.455 e. The fourth-order valence-electron chi connectivity index (χ4n) is 3.72. The molecule has 0 unspecified atom stereocenters. The number of rotatable bonds is 11. The summed E-state index contributed by atoms with van der Waals surface area (Å²) < 4.78 is 6.03. The van der Waals surface area contributed by atoms with Crippen molar-refractivity contribution in [2.45, 2.75) is 18.5 Å².